The van der Waals surface area contributed by atoms with Crippen LogP contribution in [0.2, 0.25) is 0 Å². The van der Waals surface area contributed by atoms with Crippen molar-refractivity contribution < 1.29 is 26.7 Å². The number of rotatable bonds is 7. The van der Waals surface area contributed by atoms with Crippen molar-refractivity contribution in [2.24, 2.45) is 5.14 Å². The van der Waals surface area contributed by atoms with Crippen LogP contribution in [0.1, 0.15) is 30.3 Å². The monoisotopic (exact) mass is 310 g/mol. The summed E-state index contributed by atoms with van der Waals surface area (Å²) in [4.78, 5) is 11.3. The molecule has 0 radical (unpaired) electrons. The van der Waals surface area contributed by atoms with E-state index in [4.69, 9.17) is 9.88 Å². The van der Waals surface area contributed by atoms with Gasteiger partial charge < -0.3 is 9.30 Å². The van der Waals surface area contributed by atoms with Crippen LogP contribution < -0.4 is 5.14 Å². The highest BCUT2D eigenvalue weighted by atomic mass is 32.2. The number of sulfonamides is 1. The molecule has 0 aliphatic heterocycles. The van der Waals surface area contributed by atoms with Gasteiger partial charge in [-0.3, -0.25) is 0 Å². The van der Waals surface area contributed by atoms with Crippen molar-refractivity contribution >= 4 is 16.0 Å². The molecule has 0 bridgehead atoms. The Kier molecular flexibility index (Phi) is 5.63. The van der Waals surface area contributed by atoms with Crippen LogP contribution in [0.5, 0.6) is 0 Å². The number of esters is 1. The Balaban J connectivity index is 3.02. The van der Waals surface area contributed by atoms with E-state index in [2.05, 4.69) is 0 Å². The first-order chi connectivity index (χ1) is 9.25. The number of nitrogens with zero attached hydrogens (tertiary/aromatic N) is 1. The van der Waals surface area contributed by atoms with Gasteiger partial charge in [-0.2, -0.15) is 0 Å². The number of alkyl halides is 2. The largest absolute Gasteiger partial charge is 0.461 e. The second-order valence-electron chi connectivity index (χ2n) is 4.14. The highest BCUT2D eigenvalue weighted by molar-refractivity contribution is 7.89. The molecule has 1 heterocycles. The molecular formula is C11H16F2N2O4S. The number of unbranched alkanes of at least 4 members (excludes halogenated alkanes) is 1. The van der Waals surface area contributed by atoms with E-state index in [1.807, 2.05) is 6.92 Å². The van der Waals surface area contributed by atoms with Crippen LogP contribution in [-0.2, 0) is 21.3 Å². The average molecular weight is 310 g/mol. The molecule has 2 N–H and O–H groups in total. The number of carbonyl (C=O) groups is 1. The van der Waals surface area contributed by atoms with Gasteiger partial charge in [0, 0.05) is 6.20 Å². The van der Waals surface area contributed by atoms with E-state index in [1.54, 1.807) is 0 Å². The predicted molar refractivity (Wildman–Crippen MR) is 67.0 cm³/mol. The van der Waals surface area contributed by atoms with E-state index in [9.17, 15) is 22.0 Å². The van der Waals surface area contributed by atoms with Crippen molar-refractivity contribution in [3.63, 3.8) is 0 Å². The molecule has 114 valence electrons. The van der Waals surface area contributed by atoms with E-state index in [0.29, 0.717) is 6.42 Å². The van der Waals surface area contributed by atoms with Gasteiger partial charge in [0.25, 0.3) is 6.43 Å². The van der Waals surface area contributed by atoms with Gasteiger partial charge >= 0.3 is 5.97 Å². The summed E-state index contributed by atoms with van der Waals surface area (Å²) in [5.74, 6) is -0.853. The van der Waals surface area contributed by atoms with Crippen LogP contribution in [0, 0.1) is 0 Å². The summed E-state index contributed by atoms with van der Waals surface area (Å²) in [7, 11) is -4.07. The Morgan fingerprint density at radius 3 is 2.65 bits per heavy atom. The Hall–Kier alpha value is -1.48. The van der Waals surface area contributed by atoms with Gasteiger partial charge in [0.05, 0.1) is 13.2 Å². The Labute approximate surface area is 115 Å². The van der Waals surface area contributed by atoms with E-state index in [-0.39, 0.29) is 12.3 Å². The van der Waals surface area contributed by atoms with Gasteiger partial charge in [-0.25, -0.2) is 27.1 Å². The zero-order valence-corrected chi connectivity index (χ0v) is 11.7. The van der Waals surface area contributed by atoms with Crippen molar-refractivity contribution in [1.82, 2.24) is 4.57 Å². The Morgan fingerprint density at radius 1 is 1.50 bits per heavy atom. The first-order valence-electron chi connectivity index (χ1n) is 5.94. The number of halogens is 2. The molecule has 0 aliphatic carbocycles. The molecule has 1 rings (SSSR count). The van der Waals surface area contributed by atoms with E-state index in [0.717, 1.165) is 23.3 Å². The van der Waals surface area contributed by atoms with Gasteiger partial charge in [0.1, 0.15) is 10.6 Å². The van der Waals surface area contributed by atoms with Crippen LogP contribution in [0.25, 0.3) is 0 Å². The fourth-order valence-electron chi connectivity index (χ4n) is 1.49. The first-order valence-corrected chi connectivity index (χ1v) is 7.48. The van der Waals surface area contributed by atoms with Crippen molar-refractivity contribution in [1.29, 1.82) is 0 Å². The van der Waals surface area contributed by atoms with Crippen LogP contribution in [0.3, 0.4) is 0 Å². The number of aromatic nitrogens is 1. The molecule has 0 atom stereocenters. The molecule has 6 nitrogen and oxygen atoms in total. The maximum atomic E-state index is 12.4. The molecule has 1 aromatic rings. The number of nitrogens with two attached hydrogens (primary N) is 1. The summed E-state index contributed by atoms with van der Waals surface area (Å²) in [5.41, 5.74) is -0.259. The number of hydrogen-bond donors (Lipinski definition) is 1. The summed E-state index contributed by atoms with van der Waals surface area (Å²) in [6.07, 6.45) is -0.410. The van der Waals surface area contributed by atoms with Crippen molar-refractivity contribution in [3.8, 4) is 0 Å². The normalized spacial score (nSPS) is 11.8. The minimum Gasteiger partial charge on any atom is -0.461 e. The molecule has 0 saturated carbocycles. The SMILES string of the molecule is CCCCOC(=O)c1cc(S(N)(=O)=O)cn1CC(F)F. The summed E-state index contributed by atoms with van der Waals surface area (Å²) in [5, 5.41) is 4.91. The van der Waals surface area contributed by atoms with E-state index < -0.39 is 33.9 Å². The second-order valence-corrected chi connectivity index (χ2v) is 5.70. The fraction of sp³-hybridized carbons (Fsp3) is 0.545. The van der Waals surface area contributed by atoms with E-state index >= 15 is 0 Å². The number of carbonyl (C=O) groups excluding carboxylic acids is 1. The third-order valence-corrected chi connectivity index (χ3v) is 3.36. The standard InChI is InChI=1S/C11H16F2N2O4S/c1-2-3-4-19-11(16)9-5-8(20(14,17)18)6-15(9)7-10(12)13/h5-6,10H,2-4,7H2,1H3,(H2,14,17,18). The third kappa shape index (κ3) is 4.57. The summed E-state index contributed by atoms with van der Waals surface area (Å²) in [6.45, 7) is 1.22. The smallest absolute Gasteiger partial charge is 0.354 e. The molecule has 20 heavy (non-hydrogen) atoms. The lowest BCUT2D eigenvalue weighted by atomic mass is 10.3. The number of ether oxygens (including phenoxy) is 1. The second kappa shape index (κ2) is 6.80. The van der Waals surface area contributed by atoms with Crippen LogP contribution in [-0.4, -0.2) is 32.0 Å². The van der Waals surface area contributed by atoms with Gasteiger partial charge in [-0.15, -0.1) is 0 Å². The first kappa shape index (κ1) is 16.6. The summed E-state index contributed by atoms with van der Waals surface area (Å²) >= 11 is 0. The van der Waals surface area contributed by atoms with E-state index in [1.165, 1.54) is 0 Å². The molecule has 0 aliphatic rings. The molecule has 0 fully saturated rings. The topological polar surface area (TPSA) is 91.4 Å². The lowest BCUT2D eigenvalue weighted by molar-refractivity contribution is 0.0480. The zero-order chi connectivity index (χ0) is 15.3. The summed E-state index contributed by atoms with van der Waals surface area (Å²) in [6, 6.07) is 0.937. The van der Waals surface area contributed by atoms with Crippen LogP contribution >= 0.6 is 0 Å². The fourth-order valence-corrected chi connectivity index (χ4v) is 2.04. The lowest BCUT2D eigenvalue weighted by Gasteiger charge is -2.08. The van der Waals surface area contributed by atoms with Crippen molar-refractivity contribution in [2.45, 2.75) is 37.6 Å². The molecule has 0 unspecified atom stereocenters. The maximum Gasteiger partial charge on any atom is 0.354 e. The Bertz CT molecular complexity index is 569. The molecule has 0 saturated heterocycles. The van der Waals surface area contributed by atoms with Crippen molar-refractivity contribution in [3.05, 3.63) is 18.0 Å². The quantitative estimate of drug-likeness (QED) is 0.608. The Morgan fingerprint density at radius 2 is 2.15 bits per heavy atom. The molecule has 0 spiro atoms. The highest BCUT2D eigenvalue weighted by Gasteiger charge is 2.21. The minimum absolute atomic E-state index is 0.139. The molecule has 1 aromatic heterocycles. The van der Waals surface area contributed by atoms with Gasteiger partial charge in [0.15, 0.2) is 0 Å². The lowest BCUT2D eigenvalue weighted by Crippen LogP contribution is -2.15. The molecular weight excluding hydrogens is 294 g/mol. The summed E-state index contributed by atoms with van der Waals surface area (Å²) < 4.78 is 52.9. The number of hydrogen-bond acceptors (Lipinski definition) is 4. The van der Waals surface area contributed by atoms with Crippen molar-refractivity contribution in [2.75, 3.05) is 6.61 Å². The van der Waals surface area contributed by atoms with Gasteiger partial charge in [-0.1, -0.05) is 13.3 Å². The van der Waals surface area contributed by atoms with Crippen LogP contribution in [0.15, 0.2) is 17.2 Å². The maximum absolute atomic E-state index is 12.4. The van der Waals surface area contributed by atoms with Crippen LogP contribution in [0.4, 0.5) is 8.78 Å². The predicted octanol–water partition coefficient (Wildman–Crippen LogP) is 1.36. The molecule has 9 heteroatoms. The third-order valence-electron chi connectivity index (χ3n) is 2.47. The minimum atomic E-state index is -4.07. The highest BCUT2D eigenvalue weighted by Crippen LogP contribution is 2.16. The number of primary sulfonamides is 1. The molecule has 0 aromatic carbocycles. The average Bonchev–Trinajstić information content (AvgIpc) is 2.72. The van der Waals surface area contributed by atoms with Gasteiger partial charge in [0.2, 0.25) is 10.0 Å². The zero-order valence-electron chi connectivity index (χ0n) is 10.9. The molecule has 0 amide bonds. The van der Waals surface area contributed by atoms with Gasteiger partial charge in [-0.05, 0) is 12.5 Å².